The van der Waals surface area contributed by atoms with Crippen molar-refractivity contribution in [1.82, 2.24) is 9.88 Å². The fourth-order valence-corrected chi connectivity index (χ4v) is 3.36. The Labute approximate surface area is 183 Å². The minimum absolute atomic E-state index is 0.697. The van der Waals surface area contributed by atoms with Crippen LogP contribution >= 0.6 is 11.6 Å². The molecule has 0 bridgehead atoms. The number of benzene rings is 2. The van der Waals surface area contributed by atoms with Gasteiger partial charge in [-0.2, -0.15) is 0 Å². The zero-order valence-corrected chi connectivity index (χ0v) is 17.5. The van der Waals surface area contributed by atoms with Gasteiger partial charge < -0.3 is 4.74 Å². The van der Waals surface area contributed by atoms with Gasteiger partial charge in [-0.05, 0) is 60.4 Å². The lowest BCUT2D eigenvalue weighted by atomic mass is 10.1. The summed E-state index contributed by atoms with van der Waals surface area (Å²) in [4.78, 5) is 6.85. The van der Waals surface area contributed by atoms with Crippen molar-refractivity contribution in [3.63, 3.8) is 0 Å². The Kier molecular flexibility index (Phi) is 6.82. The van der Waals surface area contributed by atoms with Gasteiger partial charge in [0.1, 0.15) is 18.1 Å². The third-order valence-corrected chi connectivity index (χ3v) is 5.20. The highest BCUT2D eigenvalue weighted by Gasteiger charge is 2.05. The van der Waals surface area contributed by atoms with Crippen LogP contribution in [0.2, 0.25) is 5.02 Å². The van der Waals surface area contributed by atoms with E-state index in [1.165, 1.54) is 0 Å². The van der Waals surface area contributed by atoms with Crippen molar-refractivity contribution < 1.29 is 4.74 Å². The smallest absolute Gasteiger partial charge is 0.119 e. The third-order valence-electron chi connectivity index (χ3n) is 4.95. The summed E-state index contributed by atoms with van der Waals surface area (Å²) in [6.07, 6.45) is 7.42. The summed E-state index contributed by atoms with van der Waals surface area (Å²) < 4.78 is 5.85. The fraction of sp³-hybridized carbons (Fsp3) is 0.192. The van der Waals surface area contributed by atoms with Gasteiger partial charge in [-0.25, -0.2) is 4.98 Å². The molecular formula is C26H23ClN2O. The molecule has 4 heteroatoms. The fourth-order valence-electron chi connectivity index (χ4n) is 3.24. The maximum absolute atomic E-state index is 5.94. The van der Waals surface area contributed by atoms with Gasteiger partial charge in [0, 0.05) is 42.0 Å². The van der Waals surface area contributed by atoms with E-state index < -0.39 is 0 Å². The van der Waals surface area contributed by atoms with E-state index in [1.54, 1.807) is 0 Å². The number of hydrogen-bond acceptors (Lipinski definition) is 3. The summed E-state index contributed by atoms with van der Waals surface area (Å²) in [6.45, 7) is 3.78. The van der Waals surface area contributed by atoms with Crippen LogP contribution in [0.15, 0.2) is 79.0 Å². The summed E-state index contributed by atoms with van der Waals surface area (Å²) in [5.41, 5.74) is 3.80. The highest BCUT2D eigenvalue weighted by atomic mass is 35.5. The molecule has 0 amide bonds. The Morgan fingerprint density at radius 3 is 2.40 bits per heavy atom. The SMILES string of the molecule is Clc1ccc(-c2ccc(C#Cc3ccc(OCCN4CC=CCC4)cc3)nc2)cc1. The first-order valence-electron chi connectivity index (χ1n) is 10.1. The Morgan fingerprint density at radius 1 is 0.900 bits per heavy atom. The molecule has 0 saturated carbocycles. The summed E-state index contributed by atoms with van der Waals surface area (Å²) in [6, 6.07) is 19.6. The predicted octanol–water partition coefficient (Wildman–Crippen LogP) is 5.44. The third kappa shape index (κ3) is 5.73. The molecule has 0 fully saturated rings. The van der Waals surface area contributed by atoms with Gasteiger partial charge >= 0.3 is 0 Å². The average Bonchev–Trinajstić information content (AvgIpc) is 2.80. The van der Waals surface area contributed by atoms with E-state index in [-0.39, 0.29) is 0 Å². The molecule has 0 N–H and O–H groups in total. The maximum Gasteiger partial charge on any atom is 0.119 e. The molecule has 0 unspecified atom stereocenters. The van der Waals surface area contributed by atoms with Crippen molar-refractivity contribution >= 4 is 11.6 Å². The van der Waals surface area contributed by atoms with Crippen molar-refractivity contribution in [3.05, 3.63) is 95.3 Å². The van der Waals surface area contributed by atoms with Gasteiger partial charge in [0.25, 0.3) is 0 Å². The summed E-state index contributed by atoms with van der Waals surface area (Å²) in [7, 11) is 0. The summed E-state index contributed by atoms with van der Waals surface area (Å²) >= 11 is 5.94. The van der Waals surface area contributed by atoms with Crippen LogP contribution < -0.4 is 4.74 Å². The van der Waals surface area contributed by atoms with E-state index in [0.717, 1.165) is 59.2 Å². The zero-order chi connectivity index (χ0) is 20.6. The van der Waals surface area contributed by atoms with E-state index in [1.807, 2.05) is 66.9 Å². The molecule has 0 radical (unpaired) electrons. The molecule has 150 valence electrons. The van der Waals surface area contributed by atoms with E-state index in [0.29, 0.717) is 6.61 Å². The van der Waals surface area contributed by atoms with Gasteiger partial charge in [-0.1, -0.05) is 47.9 Å². The number of hydrogen-bond donors (Lipinski definition) is 0. The second-order valence-corrected chi connectivity index (χ2v) is 7.56. The van der Waals surface area contributed by atoms with Gasteiger partial charge in [0.05, 0.1) is 0 Å². The van der Waals surface area contributed by atoms with Crippen LogP contribution in [-0.2, 0) is 0 Å². The van der Waals surface area contributed by atoms with Crippen LogP contribution in [-0.4, -0.2) is 36.1 Å². The topological polar surface area (TPSA) is 25.4 Å². The number of halogens is 1. The van der Waals surface area contributed by atoms with Crippen molar-refractivity contribution in [2.45, 2.75) is 6.42 Å². The molecule has 0 spiro atoms. The monoisotopic (exact) mass is 414 g/mol. The van der Waals surface area contributed by atoms with Crippen molar-refractivity contribution in [3.8, 4) is 28.7 Å². The average molecular weight is 415 g/mol. The summed E-state index contributed by atoms with van der Waals surface area (Å²) in [5.74, 6) is 7.15. The van der Waals surface area contributed by atoms with Gasteiger partial charge in [0.15, 0.2) is 0 Å². The molecular weight excluding hydrogens is 392 g/mol. The van der Waals surface area contributed by atoms with Gasteiger partial charge in [0.2, 0.25) is 0 Å². The highest BCUT2D eigenvalue weighted by Crippen LogP contribution is 2.20. The molecule has 30 heavy (non-hydrogen) atoms. The van der Waals surface area contributed by atoms with E-state index >= 15 is 0 Å². The van der Waals surface area contributed by atoms with Gasteiger partial charge in [-0.15, -0.1) is 0 Å². The second-order valence-electron chi connectivity index (χ2n) is 7.12. The van der Waals surface area contributed by atoms with Crippen LogP contribution in [0.25, 0.3) is 11.1 Å². The number of pyridine rings is 1. The first-order chi connectivity index (χ1) is 14.8. The second kappa shape index (κ2) is 10.1. The minimum Gasteiger partial charge on any atom is -0.492 e. The molecule has 4 rings (SSSR count). The lowest BCUT2D eigenvalue weighted by Gasteiger charge is -2.22. The standard InChI is InChI=1S/C26H23ClN2O/c27-24-10-7-22(8-11-24)23-9-13-25(28-20-23)12-4-21-5-14-26(15-6-21)30-19-18-29-16-2-1-3-17-29/h1-2,5-11,13-15,20H,3,16-19H2. The van der Waals surface area contributed by atoms with Crippen LogP contribution in [0.3, 0.4) is 0 Å². The molecule has 2 aromatic carbocycles. The van der Waals surface area contributed by atoms with Crippen LogP contribution in [0, 0.1) is 11.8 Å². The van der Waals surface area contributed by atoms with Crippen LogP contribution in [0.1, 0.15) is 17.7 Å². The van der Waals surface area contributed by atoms with Gasteiger partial charge in [-0.3, -0.25) is 4.90 Å². The Hall–Kier alpha value is -3.06. The quantitative estimate of drug-likeness (QED) is 0.410. The molecule has 1 aliphatic rings. The largest absolute Gasteiger partial charge is 0.492 e. The molecule has 1 aromatic heterocycles. The number of aromatic nitrogens is 1. The van der Waals surface area contributed by atoms with E-state index in [4.69, 9.17) is 16.3 Å². The number of rotatable bonds is 5. The molecule has 3 aromatic rings. The Bertz CT molecular complexity index is 1050. The lowest BCUT2D eigenvalue weighted by Crippen LogP contribution is -2.31. The minimum atomic E-state index is 0.697. The van der Waals surface area contributed by atoms with E-state index in [2.05, 4.69) is 33.9 Å². The first kappa shape index (κ1) is 20.2. The zero-order valence-electron chi connectivity index (χ0n) is 16.7. The lowest BCUT2D eigenvalue weighted by molar-refractivity contribution is 0.221. The molecule has 2 heterocycles. The molecule has 0 saturated heterocycles. The summed E-state index contributed by atoms with van der Waals surface area (Å²) in [5, 5.41) is 0.727. The highest BCUT2D eigenvalue weighted by molar-refractivity contribution is 6.30. The number of ether oxygens (including phenoxy) is 1. The van der Waals surface area contributed by atoms with Crippen molar-refractivity contribution in [2.75, 3.05) is 26.2 Å². The van der Waals surface area contributed by atoms with Crippen molar-refractivity contribution in [2.24, 2.45) is 0 Å². The van der Waals surface area contributed by atoms with Crippen LogP contribution in [0.5, 0.6) is 5.75 Å². The number of nitrogens with zero attached hydrogens (tertiary/aromatic N) is 2. The normalized spacial score (nSPS) is 13.5. The molecule has 1 aliphatic heterocycles. The maximum atomic E-state index is 5.94. The van der Waals surface area contributed by atoms with Crippen molar-refractivity contribution in [1.29, 1.82) is 0 Å². The first-order valence-corrected chi connectivity index (χ1v) is 10.5. The molecule has 0 atom stereocenters. The predicted molar refractivity (Wildman–Crippen MR) is 123 cm³/mol. The Balaban J connectivity index is 1.31. The molecule has 3 nitrogen and oxygen atoms in total. The molecule has 0 aliphatic carbocycles. The Morgan fingerprint density at radius 2 is 1.70 bits per heavy atom. The van der Waals surface area contributed by atoms with Crippen LogP contribution in [0.4, 0.5) is 0 Å². The van der Waals surface area contributed by atoms with E-state index in [9.17, 15) is 0 Å².